The zero-order valence-corrected chi connectivity index (χ0v) is 5.94. The van der Waals surface area contributed by atoms with Crippen LogP contribution in [0.4, 0.5) is 5.88 Å². The summed E-state index contributed by atoms with van der Waals surface area (Å²) >= 11 is 0. The maximum absolute atomic E-state index is 10.1. The average molecular weight is 149 g/mol. The molecule has 11 heavy (non-hydrogen) atoms. The molecule has 0 amide bonds. The van der Waals surface area contributed by atoms with Gasteiger partial charge in [-0.15, -0.1) is 0 Å². The summed E-state index contributed by atoms with van der Waals surface area (Å²) in [4.78, 5) is 9.26. The first kappa shape index (κ1) is 10.2. The maximum Gasteiger partial charge on any atom is 1.00 e. The Morgan fingerprint density at radius 2 is 2.18 bits per heavy atom. The summed E-state index contributed by atoms with van der Waals surface area (Å²) in [5.74, 6) is -0.294. The summed E-state index contributed by atoms with van der Waals surface area (Å²) in [6.07, 6.45) is 0. The zero-order valence-electron chi connectivity index (χ0n) is 5.94. The van der Waals surface area contributed by atoms with Gasteiger partial charge < -0.3 is 9.52 Å². The molecule has 0 bridgehead atoms. The van der Waals surface area contributed by atoms with E-state index in [9.17, 15) is 15.2 Å². The van der Waals surface area contributed by atoms with Crippen molar-refractivity contribution in [3.63, 3.8) is 0 Å². The third kappa shape index (κ3) is 2.39. The number of nitrogens with zero attached hydrogens (tertiary/aromatic N) is 1. The van der Waals surface area contributed by atoms with Gasteiger partial charge in [-0.25, -0.2) is 0 Å². The second kappa shape index (κ2) is 4.19. The molecule has 0 aliphatic carbocycles. The predicted octanol–water partition coefficient (Wildman–Crippen LogP) is -2.95. The third-order valence-corrected chi connectivity index (χ3v) is 0.970. The molecule has 1 aromatic rings. The van der Waals surface area contributed by atoms with Crippen LogP contribution in [0.5, 0.6) is 0 Å². The van der Waals surface area contributed by atoms with E-state index in [0.717, 1.165) is 6.07 Å². The van der Waals surface area contributed by atoms with Crippen LogP contribution >= 0.6 is 0 Å². The van der Waals surface area contributed by atoms with Crippen molar-refractivity contribution in [1.29, 1.82) is 0 Å². The van der Waals surface area contributed by atoms with E-state index in [0.29, 0.717) is 0 Å². The Kier molecular flexibility index (Phi) is 3.90. The fourth-order valence-electron chi connectivity index (χ4n) is 0.542. The summed E-state index contributed by atoms with van der Waals surface area (Å²) in [6, 6.07) is 2.46. The van der Waals surface area contributed by atoms with E-state index in [2.05, 4.69) is 4.42 Å². The summed E-state index contributed by atoms with van der Waals surface area (Å²) in [7, 11) is 0. The molecule has 1 heterocycles. The Morgan fingerprint density at radius 3 is 2.45 bits per heavy atom. The van der Waals surface area contributed by atoms with Crippen LogP contribution in [0.3, 0.4) is 0 Å². The van der Waals surface area contributed by atoms with Gasteiger partial charge in [-0.05, 0) is 6.07 Å². The summed E-state index contributed by atoms with van der Waals surface area (Å²) < 4.78 is 4.48. The largest absolute Gasteiger partial charge is 1.00 e. The minimum Gasteiger partial charge on any atom is -0.849 e. The quantitative estimate of drug-likeness (QED) is 0.256. The van der Waals surface area contributed by atoms with Crippen molar-refractivity contribution < 1.29 is 33.3 Å². The van der Waals surface area contributed by atoms with Crippen molar-refractivity contribution in [2.24, 2.45) is 0 Å². The van der Waals surface area contributed by atoms with Crippen molar-refractivity contribution >= 4 is 5.88 Å². The number of furan rings is 1. The number of nitro groups is 1. The van der Waals surface area contributed by atoms with Crippen LogP contribution in [0, 0.1) is 10.1 Å². The normalized spacial score (nSPS) is 8.82. The molecule has 0 aliphatic rings. The van der Waals surface area contributed by atoms with E-state index in [-0.39, 0.29) is 30.5 Å². The van der Waals surface area contributed by atoms with Crippen LogP contribution < -0.4 is 24.0 Å². The molecule has 0 radical (unpaired) electrons. The van der Waals surface area contributed by atoms with Gasteiger partial charge in [0.05, 0.1) is 11.8 Å². The van der Waals surface area contributed by atoms with E-state index in [1.807, 2.05) is 0 Å². The molecular formula is C5H4LiNO4. The molecule has 0 saturated heterocycles. The minimum atomic E-state index is -0.681. The van der Waals surface area contributed by atoms with Crippen LogP contribution in [0.25, 0.3) is 0 Å². The molecule has 6 heteroatoms. The molecule has 5 nitrogen and oxygen atoms in total. The van der Waals surface area contributed by atoms with Crippen molar-refractivity contribution in [3.05, 3.63) is 28.0 Å². The van der Waals surface area contributed by atoms with Gasteiger partial charge in [0.1, 0.15) is 4.92 Å². The van der Waals surface area contributed by atoms with Crippen LogP contribution in [-0.2, 0) is 6.61 Å². The van der Waals surface area contributed by atoms with Crippen molar-refractivity contribution in [2.75, 3.05) is 0 Å². The van der Waals surface area contributed by atoms with Crippen LogP contribution in [0.1, 0.15) is 5.76 Å². The molecule has 0 N–H and O–H groups in total. The summed E-state index contributed by atoms with van der Waals surface area (Å²) in [5, 5.41) is 20.0. The van der Waals surface area contributed by atoms with Crippen molar-refractivity contribution in [2.45, 2.75) is 6.61 Å². The fourth-order valence-corrected chi connectivity index (χ4v) is 0.542. The Morgan fingerprint density at radius 1 is 1.55 bits per heavy atom. The van der Waals surface area contributed by atoms with Gasteiger partial charge in [0.2, 0.25) is 0 Å². The molecule has 0 atom stereocenters. The van der Waals surface area contributed by atoms with E-state index >= 15 is 0 Å². The predicted molar refractivity (Wildman–Crippen MR) is 29.1 cm³/mol. The van der Waals surface area contributed by atoms with Gasteiger partial charge in [0.15, 0.2) is 0 Å². The Bertz CT molecular complexity index is 246. The Labute approximate surface area is 74.3 Å². The first-order valence-electron chi connectivity index (χ1n) is 2.55. The van der Waals surface area contributed by atoms with E-state index in [1.165, 1.54) is 6.07 Å². The zero-order chi connectivity index (χ0) is 7.56. The SMILES string of the molecule is O=[N+]([O-])c1ccc(C[O-])o1.[Li+]. The van der Waals surface area contributed by atoms with Gasteiger partial charge in [0, 0.05) is 0 Å². The topological polar surface area (TPSA) is 79.3 Å². The van der Waals surface area contributed by atoms with Crippen molar-refractivity contribution in [3.8, 4) is 0 Å². The number of hydrogen-bond acceptors (Lipinski definition) is 4. The second-order valence-electron chi connectivity index (χ2n) is 1.64. The Hall–Kier alpha value is -0.763. The fraction of sp³-hybridized carbons (Fsp3) is 0.200. The molecular weight excluding hydrogens is 145 g/mol. The van der Waals surface area contributed by atoms with Gasteiger partial charge in [-0.2, -0.15) is 0 Å². The van der Waals surface area contributed by atoms with Crippen LogP contribution in [0.15, 0.2) is 16.5 Å². The van der Waals surface area contributed by atoms with Gasteiger partial charge in [-0.3, -0.25) is 10.1 Å². The monoisotopic (exact) mass is 149 g/mol. The van der Waals surface area contributed by atoms with Crippen LogP contribution in [0.2, 0.25) is 0 Å². The first-order chi connectivity index (χ1) is 4.74. The van der Waals surface area contributed by atoms with Gasteiger partial charge >= 0.3 is 24.7 Å². The maximum atomic E-state index is 10.1. The molecule has 0 unspecified atom stereocenters. The molecule has 0 fully saturated rings. The molecule has 1 aromatic heterocycles. The van der Waals surface area contributed by atoms with E-state index < -0.39 is 11.5 Å². The molecule has 0 aliphatic heterocycles. The summed E-state index contributed by atoms with van der Waals surface area (Å²) in [5.41, 5.74) is 0. The van der Waals surface area contributed by atoms with Gasteiger partial charge in [-0.1, -0.05) is 6.61 Å². The first-order valence-corrected chi connectivity index (χ1v) is 2.55. The molecule has 54 valence electrons. The van der Waals surface area contributed by atoms with Crippen molar-refractivity contribution in [1.82, 2.24) is 0 Å². The smallest absolute Gasteiger partial charge is 0.849 e. The molecule has 0 aromatic carbocycles. The van der Waals surface area contributed by atoms with Crippen LogP contribution in [-0.4, -0.2) is 4.92 Å². The minimum absolute atomic E-state index is 0. The van der Waals surface area contributed by atoms with E-state index in [4.69, 9.17) is 0 Å². The van der Waals surface area contributed by atoms with E-state index in [1.54, 1.807) is 0 Å². The number of hydrogen-bond donors (Lipinski definition) is 0. The average Bonchev–Trinajstić information content (AvgIpc) is 2.34. The molecule has 0 saturated carbocycles. The summed E-state index contributed by atoms with van der Waals surface area (Å²) in [6.45, 7) is -0.562. The van der Waals surface area contributed by atoms with Gasteiger partial charge in [0.25, 0.3) is 0 Å². The number of rotatable bonds is 2. The molecule has 0 spiro atoms. The Balaban J connectivity index is 0.000001000. The molecule has 1 rings (SSSR count). The second-order valence-corrected chi connectivity index (χ2v) is 1.64. The standard InChI is InChI=1S/C5H4NO4.Li/c7-3-4-1-2-5(10-4)6(8)9;/h1-2H,3H2;/q-1;+1. The third-order valence-electron chi connectivity index (χ3n) is 0.970.